The molecule has 0 aromatic heterocycles. The largest absolute Gasteiger partial charge is 0.377 e. The van der Waals surface area contributed by atoms with E-state index in [2.05, 4.69) is 25.5 Å². The van der Waals surface area contributed by atoms with Gasteiger partial charge in [-0.3, -0.25) is 0 Å². The van der Waals surface area contributed by atoms with Gasteiger partial charge in [-0.2, -0.15) is 0 Å². The van der Waals surface area contributed by atoms with Crippen molar-refractivity contribution in [3.63, 3.8) is 0 Å². The van der Waals surface area contributed by atoms with Crippen LogP contribution >= 0.6 is 0 Å². The normalized spacial score (nSPS) is 44.0. The predicted molar refractivity (Wildman–Crippen MR) is 111 cm³/mol. The van der Waals surface area contributed by atoms with Crippen LogP contribution in [0.2, 0.25) is 0 Å². The third-order valence-corrected chi connectivity index (χ3v) is 8.27. The average molecular weight is 355 g/mol. The first-order valence-corrected chi connectivity index (χ1v) is 11.1. The summed E-state index contributed by atoms with van der Waals surface area (Å²) in [4.78, 5) is 0. The minimum atomic E-state index is -0.900. The second-order valence-corrected chi connectivity index (χ2v) is 9.12. The highest BCUT2D eigenvalue weighted by Crippen LogP contribution is 2.66. The number of allylic oxidation sites excluding steroid dienone is 3. The molecular formula is C25H38O. The highest BCUT2D eigenvalue weighted by atomic mass is 16.3. The highest BCUT2D eigenvalue weighted by molar-refractivity contribution is 5.30. The zero-order valence-electron chi connectivity index (χ0n) is 17.2. The van der Waals surface area contributed by atoms with Crippen LogP contribution in [0.25, 0.3) is 0 Å². The van der Waals surface area contributed by atoms with Crippen LogP contribution in [0.3, 0.4) is 0 Å². The van der Waals surface area contributed by atoms with Gasteiger partial charge in [0.25, 0.3) is 0 Å². The van der Waals surface area contributed by atoms with Crippen LogP contribution in [0.15, 0.2) is 23.8 Å². The van der Waals surface area contributed by atoms with Crippen LogP contribution in [-0.2, 0) is 0 Å². The van der Waals surface area contributed by atoms with Crippen LogP contribution in [0.5, 0.6) is 0 Å². The van der Waals surface area contributed by atoms with Crippen LogP contribution in [0.4, 0.5) is 0 Å². The first-order chi connectivity index (χ1) is 12.5. The highest BCUT2D eigenvalue weighted by Gasteiger charge is 2.63. The van der Waals surface area contributed by atoms with Gasteiger partial charge in [-0.1, -0.05) is 43.9 Å². The van der Waals surface area contributed by atoms with Crippen molar-refractivity contribution < 1.29 is 5.11 Å². The van der Waals surface area contributed by atoms with Crippen LogP contribution in [0.1, 0.15) is 85.0 Å². The summed E-state index contributed by atoms with van der Waals surface area (Å²) in [7, 11) is 0. The van der Waals surface area contributed by atoms with Gasteiger partial charge < -0.3 is 5.11 Å². The Kier molecular flexibility index (Phi) is 5.74. The van der Waals surface area contributed by atoms with Gasteiger partial charge in [-0.15, -0.1) is 13.0 Å². The molecule has 4 aliphatic rings. The number of hydrogen-bond acceptors (Lipinski definition) is 1. The lowest BCUT2D eigenvalue weighted by Gasteiger charge is -2.56. The number of fused-ring (bicyclic) bond motifs is 4. The van der Waals surface area contributed by atoms with Gasteiger partial charge in [-0.05, 0) is 87.9 Å². The van der Waals surface area contributed by atoms with E-state index in [-0.39, 0.29) is 5.41 Å². The molecule has 0 saturated heterocycles. The molecule has 0 bridgehead atoms. The van der Waals surface area contributed by atoms with Gasteiger partial charge in [0.2, 0.25) is 0 Å². The summed E-state index contributed by atoms with van der Waals surface area (Å²) in [5.74, 6) is 5.50. The molecule has 6 atom stereocenters. The Morgan fingerprint density at radius 2 is 1.96 bits per heavy atom. The zero-order valence-corrected chi connectivity index (χ0v) is 17.2. The van der Waals surface area contributed by atoms with Crippen molar-refractivity contribution in [2.45, 2.75) is 90.6 Å². The Labute approximate surface area is 161 Å². The smallest absolute Gasteiger partial charge is 0.130 e. The van der Waals surface area contributed by atoms with Crippen molar-refractivity contribution >= 4 is 0 Å². The van der Waals surface area contributed by atoms with Gasteiger partial charge in [0.05, 0.1) is 0 Å². The molecule has 1 nitrogen and oxygen atoms in total. The van der Waals surface area contributed by atoms with E-state index in [0.717, 1.165) is 37.5 Å². The maximum atomic E-state index is 11.2. The molecule has 1 N–H and O–H groups in total. The fraction of sp³-hybridized carbons (Fsp3) is 0.760. The lowest BCUT2D eigenvalue weighted by atomic mass is 9.49. The van der Waals surface area contributed by atoms with Gasteiger partial charge in [0.1, 0.15) is 5.60 Å². The Morgan fingerprint density at radius 1 is 1.23 bits per heavy atom. The first-order valence-electron chi connectivity index (χ1n) is 11.1. The molecule has 0 radical (unpaired) electrons. The number of hydrogen-bond donors (Lipinski definition) is 1. The lowest BCUT2D eigenvalue weighted by Crippen LogP contribution is -2.53. The molecule has 0 spiro atoms. The summed E-state index contributed by atoms with van der Waals surface area (Å²) in [5.41, 5.74) is 2.61. The van der Waals surface area contributed by atoms with Gasteiger partial charge in [0.15, 0.2) is 0 Å². The number of rotatable bonds is 2. The maximum Gasteiger partial charge on any atom is 0.130 e. The minimum absolute atomic E-state index is 0.108. The van der Waals surface area contributed by atoms with E-state index in [9.17, 15) is 5.11 Å². The predicted octanol–water partition coefficient (Wildman–Crippen LogP) is 6.29. The quantitative estimate of drug-likeness (QED) is 0.456. The van der Waals surface area contributed by atoms with Gasteiger partial charge >= 0.3 is 0 Å². The molecule has 0 aliphatic heterocycles. The number of aliphatic hydroxyl groups is 1. The van der Waals surface area contributed by atoms with Gasteiger partial charge in [0, 0.05) is 5.41 Å². The molecule has 0 amide bonds. The SMILES string of the molecule is C#CC1(O)CCC2C3CCC4=C(CCCC4)C3C(CC=C)CC21C.CC. The second kappa shape index (κ2) is 7.55. The molecule has 0 heterocycles. The molecule has 2 saturated carbocycles. The zero-order chi connectivity index (χ0) is 18.9. The molecule has 1 heteroatoms. The summed E-state index contributed by atoms with van der Waals surface area (Å²) in [6.45, 7) is 10.3. The number of terminal acetylenes is 1. The molecule has 144 valence electrons. The fourth-order valence-corrected chi connectivity index (χ4v) is 7.18. The molecule has 4 aliphatic carbocycles. The van der Waals surface area contributed by atoms with E-state index in [1.807, 2.05) is 19.4 Å². The van der Waals surface area contributed by atoms with Crippen molar-refractivity contribution in [2.75, 3.05) is 0 Å². The van der Waals surface area contributed by atoms with E-state index >= 15 is 0 Å². The van der Waals surface area contributed by atoms with Crippen molar-refractivity contribution in [3.05, 3.63) is 23.8 Å². The molecular weight excluding hydrogens is 316 g/mol. The molecule has 0 aromatic carbocycles. The summed E-state index contributed by atoms with van der Waals surface area (Å²) in [5, 5.41) is 11.2. The third kappa shape index (κ3) is 2.80. The van der Waals surface area contributed by atoms with E-state index in [1.165, 1.54) is 38.5 Å². The maximum absolute atomic E-state index is 11.2. The van der Waals surface area contributed by atoms with Crippen molar-refractivity contribution in [1.82, 2.24) is 0 Å². The molecule has 6 unspecified atom stereocenters. The second-order valence-electron chi connectivity index (χ2n) is 9.12. The summed E-state index contributed by atoms with van der Waals surface area (Å²) in [6.07, 6.45) is 20.0. The van der Waals surface area contributed by atoms with Gasteiger partial charge in [-0.25, -0.2) is 0 Å². The standard InChI is InChI=1S/C23H32O.C2H6/c1-4-8-17-15-22(3)20(13-14-23(22,24)5-2)19-12-11-16-9-6-7-10-18(16)21(17)19;1-2/h2,4,17,19-21,24H,1,6-15H2,3H3;1-2H3. The van der Waals surface area contributed by atoms with E-state index < -0.39 is 5.60 Å². The Morgan fingerprint density at radius 3 is 2.65 bits per heavy atom. The van der Waals surface area contributed by atoms with E-state index in [0.29, 0.717) is 11.8 Å². The third-order valence-electron chi connectivity index (χ3n) is 8.27. The van der Waals surface area contributed by atoms with Crippen LogP contribution in [0, 0.1) is 41.4 Å². The molecule has 2 fully saturated rings. The van der Waals surface area contributed by atoms with Crippen LogP contribution in [-0.4, -0.2) is 10.7 Å². The van der Waals surface area contributed by atoms with E-state index in [1.54, 1.807) is 5.57 Å². The summed E-state index contributed by atoms with van der Waals surface area (Å²) in [6, 6.07) is 0. The monoisotopic (exact) mass is 354 g/mol. The Balaban J connectivity index is 0.000000948. The summed E-state index contributed by atoms with van der Waals surface area (Å²) < 4.78 is 0. The Hall–Kier alpha value is -1.00. The van der Waals surface area contributed by atoms with Crippen molar-refractivity contribution in [2.24, 2.45) is 29.1 Å². The van der Waals surface area contributed by atoms with Crippen molar-refractivity contribution in [1.29, 1.82) is 0 Å². The lowest BCUT2D eigenvalue weighted by molar-refractivity contribution is -0.0921. The van der Waals surface area contributed by atoms with Crippen LogP contribution < -0.4 is 0 Å². The minimum Gasteiger partial charge on any atom is -0.377 e. The molecule has 0 aromatic rings. The van der Waals surface area contributed by atoms with E-state index in [4.69, 9.17) is 6.42 Å². The molecule has 4 rings (SSSR count). The Bertz CT molecular complexity index is 608. The summed E-state index contributed by atoms with van der Waals surface area (Å²) >= 11 is 0. The topological polar surface area (TPSA) is 20.2 Å². The molecule has 26 heavy (non-hydrogen) atoms. The average Bonchev–Trinajstić information content (AvgIpc) is 2.94. The fourth-order valence-electron chi connectivity index (χ4n) is 7.18. The first kappa shape index (κ1) is 19.8. The van der Waals surface area contributed by atoms with Crippen molar-refractivity contribution in [3.8, 4) is 12.3 Å².